The SMILES string of the molecule is C=CCN(CC(=O)O)C(=O)NC1(C)CC1. The van der Waals surface area contributed by atoms with Gasteiger partial charge in [-0.25, -0.2) is 4.79 Å². The van der Waals surface area contributed by atoms with E-state index in [0.717, 1.165) is 12.8 Å². The van der Waals surface area contributed by atoms with E-state index in [1.54, 1.807) is 0 Å². The van der Waals surface area contributed by atoms with Crippen LogP contribution in [-0.4, -0.2) is 40.6 Å². The second-order valence-electron chi connectivity index (χ2n) is 4.05. The van der Waals surface area contributed by atoms with Crippen LogP contribution in [0.5, 0.6) is 0 Å². The largest absolute Gasteiger partial charge is 0.480 e. The van der Waals surface area contributed by atoms with E-state index in [2.05, 4.69) is 11.9 Å². The molecule has 5 nitrogen and oxygen atoms in total. The van der Waals surface area contributed by atoms with Crippen molar-refractivity contribution in [3.8, 4) is 0 Å². The number of carbonyl (C=O) groups is 2. The molecule has 0 aromatic heterocycles. The average Bonchev–Trinajstić information content (AvgIpc) is 2.82. The number of nitrogens with one attached hydrogen (secondary N) is 1. The second kappa shape index (κ2) is 4.33. The lowest BCUT2D eigenvalue weighted by molar-refractivity contribution is -0.137. The monoisotopic (exact) mass is 212 g/mol. The van der Waals surface area contributed by atoms with Crippen molar-refractivity contribution in [3.63, 3.8) is 0 Å². The van der Waals surface area contributed by atoms with E-state index in [-0.39, 0.29) is 24.7 Å². The summed E-state index contributed by atoms with van der Waals surface area (Å²) in [6.07, 6.45) is 3.42. The Kier molecular flexibility index (Phi) is 3.34. The maximum Gasteiger partial charge on any atom is 0.323 e. The molecule has 5 heteroatoms. The predicted molar refractivity (Wildman–Crippen MR) is 55.6 cm³/mol. The molecule has 2 N–H and O–H groups in total. The van der Waals surface area contributed by atoms with Crippen LogP contribution < -0.4 is 5.32 Å². The van der Waals surface area contributed by atoms with Crippen LogP contribution in [0.25, 0.3) is 0 Å². The van der Waals surface area contributed by atoms with Gasteiger partial charge < -0.3 is 15.3 Å². The van der Waals surface area contributed by atoms with Gasteiger partial charge in [0, 0.05) is 12.1 Å². The number of hydrogen-bond donors (Lipinski definition) is 2. The van der Waals surface area contributed by atoms with Crippen LogP contribution in [0.15, 0.2) is 12.7 Å². The molecule has 0 saturated heterocycles. The van der Waals surface area contributed by atoms with E-state index >= 15 is 0 Å². The molecule has 0 spiro atoms. The van der Waals surface area contributed by atoms with Crippen LogP contribution in [0.1, 0.15) is 19.8 Å². The Balaban J connectivity index is 2.49. The standard InChI is InChI=1S/C10H16N2O3/c1-3-6-12(7-8(13)14)9(15)11-10(2)4-5-10/h3H,1,4-7H2,2H3,(H,11,15)(H,13,14). The molecule has 1 saturated carbocycles. The van der Waals surface area contributed by atoms with Gasteiger partial charge in [0.05, 0.1) is 0 Å². The van der Waals surface area contributed by atoms with E-state index in [1.807, 2.05) is 6.92 Å². The van der Waals surface area contributed by atoms with E-state index in [1.165, 1.54) is 11.0 Å². The number of carbonyl (C=O) groups excluding carboxylic acids is 1. The average molecular weight is 212 g/mol. The fourth-order valence-electron chi connectivity index (χ4n) is 1.19. The Morgan fingerprint density at radius 3 is 2.60 bits per heavy atom. The van der Waals surface area contributed by atoms with E-state index in [0.29, 0.717) is 0 Å². The van der Waals surface area contributed by atoms with Gasteiger partial charge >= 0.3 is 12.0 Å². The molecule has 0 aromatic carbocycles. The van der Waals surface area contributed by atoms with Crippen molar-refractivity contribution in [1.82, 2.24) is 10.2 Å². The summed E-state index contributed by atoms with van der Waals surface area (Å²) in [5.74, 6) is -1.02. The van der Waals surface area contributed by atoms with E-state index in [4.69, 9.17) is 5.11 Å². The van der Waals surface area contributed by atoms with Crippen LogP contribution in [0.3, 0.4) is 0 Å². The maximum atomic E-state index is 11.6. The smallest absolute Gasteiger partial charge is 0.323 e. The summed E-state index contributed by atoms with van der Waals surface area (Å²) in [4.78, 5) is 23.4. The van der Waals surface area contributed by atoms with Gasteiger partial charge in [-0.1, -0.05) is 6.08 Å². The normalized spacial score (nSPS) is 16.6. The molecule has 0 radical (unpaired) electrons. The highest BCUT2D eigenvalue weighted by Gasteiger charge is 2.39. The molecule has 0 aromatic rings. The first-order valence-corrected chi connectivity index (χ1v) is 4.87. The maximum absolute atomic E-state index is 11.6. The summed E-state index contributed by atoms with van der Waals surface area (Å²) in [5, 5.41) is 11.4. The summed E-state index contributed by atoms with van der Waals surface area (Å²) >= 11 is 0. The third kappa shape index (κ3) is 3.61. The molecule has 0 unspecified atom stereocenters. The number of urea groups is 1. The lowest BCUT2D eigenvalue weighted by Crippen LogP contribution is -2.46. The summed E-state index contributed by atoms with van der Waals surface area (Å²) in [6, 6.07) is -0.336. The minimum atomic E-state index is -1.02. The number of hydrogen-bond acceptors (Lipinski definition) is 2. The number of nitrogens with zero attached hydrogens (tertiary/aromatic N) is 1. The fraction of sp³-hybridized carbons (Fsp3) is 0.600. The summed E-state index contributed by atoms with van der Waals surface area (Å²) in [6.45, 7) is 5.38. The van der Waals surface area contributed by atoms with Crippen molar-refractivity contribution in [2.45, 2.75) is 25.3 Å². The van der Waals surface area contributed by atoms with Gasteiger partial charge in [-0.15, -0.1) is 6.58 Å². The van der Waals surface area contributed by atoms with Crippen LogP contribution in [0.4, 0.5) is 4.79 Å². The summed E-state index contributed by atoms with van der Waals surface area (Å²) < 4.78 is 0. The quantitative estimate of drug-likeness (QED) is 0.663. The van der Waals surface area contributed by atoms with E-state index in [9.17, 15) is 9.59 Å². The van der Waals surface area contributed by atoms with Gasteiger partial charge in [0.15, 0.2) is 0 Å². The van der Waals surface area contributed by atoms with Gasteiger partial charge in [0.25, 0.3) is 0 Å². The molecular formula is C10H16N2O3. The van der Waals surface area contributed by atoms with Gasteiger partial charge in [-0.05, 0) is 19.8 Å². The lowest BCUT2D eigenvalue weighted by atomic mass is 10.3. The van der Waals surface area contributed by atoms with Gasteiger partial charge in [0.2, 0.25) is 0 Å². The second-order valence-corrected chi connectivity index (χ2v) is 4.05. The molecule has 0 bridgehead atoms. The molecule has 0 aliphatic heterocycles. The van der Waals surface area contributed by atoms with Crippen LogP contribution in [0.2, 0.25) is 0 Å². The highest BCUT2D eigenvalue weighted by atomic mass is 16.4. The van der Waals surface area contributed by atoms with Crippen LogP contribution in [0, 0.1) is 0 Å². The molecule has 1 fully saturated rings. The van der Waals surface area contributed by atoms with E-state index < -0.39 is 5.97 Å². The van der Waals surface area contributed by atoms with Crippen molar-refractivity contribution in [1.29, 1.82) is 0 Å². The number of amides is 2. The van der Waals surface area contributed by atoms with Gasteiger partial charge in [-0.3, -0.25) is 4.79 Å². The fourth-order valence-corrected chi connectivity index (χ4v) is 1.19. The Morgan fingerprint density at radius 2 is 2.20 bits per heavy atom. The number of rotatable bonds is 5. The summed E-state index contributed by atoms with van der Waals surface area (Å²) in [7, 11) is 0. The molecule has 1 rings (SSSR count). The van der Waals surface area contributed by atoms with Gasteiger partial charge in [0.1, 0.15) is 6.54 Å². The third-order valence-corrected chi connectivity index (χ3v) is 2.37. The Labute approximate surface area is 88.8 Å². The van der Waals surface area contributed by atoms with Crippen molar-refractivity contribution >= 4 is 12.0 Å². The molecule has 1 aliphatic rings. The molecule has 84 valence electrons. The number of carboxylic acids is 1. The highest BCUT2D eigenvalue weighted by Crippen LogP contribution is 2.34. The third-order valence-electron chi connectivity index (χ3n) is 2.37. The van der Waals surface area contributed by atoms with Crippen molar-refractivity contribution < 1.29 is 14.7 Å². The summed E-state index contributed by atoms with van der Waals surface area (Å²) in [5.41, 5.74) is -0.130. The Bertz CT molecular complexity index is 284. The molecule has 0 atom stereocenters. The Hall–Kier alpha value is -1.52. The highest BCUT2D eigenvalue weighted by molar-refractivity contribution is 5.81. The minimum Gasteiger partial charge on any atom is -0.480 e. The zero-order valence-corrected chi connectivity index (χ0v) is 8.82. The lowest BCUT2D eigenvalue weighted by Gasteiger charge is -2.22. The first-order chi connectivity index (χ1) is 6.97. The zero-order valence-electron chi connectivity index (χ0n) is 8.82. The first-order valence-electron chi connectivity index (χ1n) is 4.87. The molecular weight excluding hydrogens is 196 g/mol. The molecule has 2 amide bonds. The zero-order chi connectivity index (χ0) is 11.5. The number of carboxylic acid groups (broad SMARTS) is 1. The van der Waals surface area contributed by atoms with Crippen LogP contribution >= 0.6 is 0 Å². The van der Waals surface area contributed by atoms with Crippen molar-refractivity contribution in [2.24, 2.45) is 0 Å². The van der Waals surface area contributed by atoms with Gasteiger partial charge in [-0.2, -0.15) is 0 Å². The number of aliphatic carboxylic acids is 1. The molecule has 0 heterocycles. The first kappa shape index (κ1) is 11.6. The van der Waals surface area contributed by atoms with Crippen molar-refractivity contribution in [2.75, 3.05) is 13.1 Å². The molecule has 15 heavy (non-hydrogen) atoms. The molecule has 1 aliphatic carbocycles. The minimum absolute atomic E-state index is 0.130. The topological polar surface area (TPSA) is 69.6 Å². The predicted octanol–water partition coefficient (Wildman–Crippen LogP) is 0.821. The van der Waals surface area contributed by atoms with Crippen molar-refractivity contribution in [3.05, 3.63) is 12.7 Å². The van der Waals surface area contributed by atoms with Crippen LogP contribution in [-0.2, 0) is 4.79 Å². The Morgan fingerprint density at radius 1 is 1.60 bits per heavy atom.